The Labute approximate surface area is 112 Å². The Morgan fingerprint density at radius 3 is 2.28 bits per heavy atom. The van der Waals surface area contributed by atoms with Crippen molar-refractivity contribution in [1.29, 1.82) is 0 Å². The molecule has 0 saturated carbocycles. The Hall–Kier alpha value is -1.00. The fraction of sp³-hybridized carbons (Fsp3) is 0.231. The Bertz CT molecular complexity index is 542. The number of thiophene rings is 1. The molecule has 1 heterocycles. The molecule has 0 radical (unpaired) electrons. The highest BCUT2D eigenvalue weighted by molar-refractivity contribution is 7.12. The summed E-state index contributed by atoms with van der Waals surface area (Å²) in [5.74, 6) is -2.86. The van der Waals surface area contributed by atoms with Gasteiger partial charge >= 0.3 is 0 Å². The van der Waals surface area contributed by atoms with Gasteiger partial charge in [-0.15, -0.1) is 22.9 Å². The smallest absolute Gasteiger partial charge is 0.134 e. The van der Waals surface area contributed by atoms with Crippen molar-refractivity contribution in [3.8, 4) is 0 Å². The minimum atomic E-state index is -0.959. The van der Waals surface area contributed by atoms with Gasteiger partial charge in [-0.3, -0.25) is 0 Å². The maximum absolute atomic E-state index is 13.6. The largest absolute Gasteiger partial charge is 0.207 e. The summed E-state index contributed by atoms with van der Waals surface area (Å²) in [6, 6.07) is 4.89. The number of aryl methyl sites for hydroxylation is 1. The molecule has 0 amide bonds. The SMILES string of the molecule is CCc1ccc(C(Cl)c2c(F)cc(F)cc2F)s1. The van der Waals surface area contributed by atoms with Crippen molar-refractivity contribution in [1.82, 2.24) is 0 Å². The number of alkyl halides is 1. The van der Waals surface area contributed by atoms with Crippen LogP contribution in [-0.2, 0) is 6.42 Å². The van der Waals surface area contributed by atoms with E-state index in [9.17, 15) is 13.2 Å². The van der Waals surface area contributed by atoms with E-state index in [1.165, 1.54) is 11.3 Å². The molecule has 1 atom stereocenters. The van der Waals surface area contributed by atoms with Gasteiger partial charge in [0.2, 0.25) is 0 Å². The van der Waals surface area contributed by atoms with E-state index < -0.39 is 22.8 Å². The van der Waals surface area contributed by atoms with Gasteiger partial charge in [0.1, 0.15) is 17.5 Å². The fourth-order valence-corrected chi connectivity index (χ4v) is 3.01. The van der Waals surface area contributed by atoms with Crippen molar-refractivity contribution in [3.05, 3.63) is 57.0 Å². The van der Waals surface area contributed by atoms with Crippen LogP contribution in [-0.4, -0.2) is 0 Å². The minimum absolute atomic E-state index is 0.303. The van der Waals surface area contributed by atoms with E-state index in [4.69, 9.17) is 11.6 Å². The normalized spacial score (nSPS) is 12.7. The summed E-state index contributed by atoms with van der Waals surface area (Å²) in [7, 11) is 0. The van der Waals surface area contributed by atoms with Gasteiger partial charge in [-0.2, -0.15) is 0 Å². The molecule has 96 valence electrons. The van der Waals surface area contributed by atoms with Crippen LogP contribution in [0.2, 0.25) is 0 Å². The summed E-state index contributed by atoms with van der Waals surface area (Å²) in [6.07, 6.45) is 0.836. The lowest BCUT2D eigenvalue weighted by atomic mass is 10.1. The van der Waals surface area contributed by atoms with Gasteiger partial charge in [-0.05, 0) is 18.6 Å². The summed E-state index contributed by atoms with van der Waals surface area (Å²) in [5, 5.41) is -0.934. The summed E-state index contributed by atoms with van der Waals surface area (Å²) in [4.78, 5) is 1.73. The first-order chi connectivity index (χ1) is 8.52. The molecule has 0 aliphatic rings. The quantitative estimate of drug-likeness (QED) is 0.694. The van der Waals surface area contributed by atoms with Crippen molar-refractivity contribution in [2.75, 3.05) is 0 Å². The molecule has 0 aliphatic carbocycles. The summed E-state index contributed by atoms with van der Waals surface area (Å²) >= 11 is 7.47. The lowest BCUT2D eigenvalue weighted by Crippen LogP contribution is -2.00. The molecule has 0 fully saturated rings. The molecule has 18 heavy (non-hydrogen) atoms. The Balaban J connectivity index is 2.42. The van der Waals surface area contributed by atoms with E-state index >= 15 is 0 Å². The van der Waals surface area contributed by atoms with Gasteiger partial charge in [0.15, 0.2) is 0 Å². The molecule has 1 aromatic heterocycles. The first kappa shape index (κ1) is 13.4. The monoisotopic (exact) mass is 290 g/mol. The zero-order chi connectivity index (χ0) is 13.3. The molecule has 0 N–H and O–H groups in total. The predicted octanol–water partition coefficient (Wildman–Crippen LogP) is 5.06. The third-order valence-corrected chi connectivity index (χ3v) is 4.46. The molecule has 2 aromatic rings. The summed E-state index contributed by atoms with van der Waals surface area (Å²) in [6.45, 7) is 1.98. The van der Waals surface area contributed by atoms with Gasteiger partial charge in [-0.1, -0.05) is 6.92 Å². The number of rotatable bonds is 3. The molecule has 1 aromatic carbocycles. The van der Waals surface area contributed by atoms with Crippen LogP contribution in [0, 0.1) is 17.5 Å². The first-order valence-electron chi connectivity index (χ1n) is 5.40. The minimum Gasteiger partial charge on any atom is -0.207 e. The van der Waals surface area contributed by atoms with Crippen LogP contribution in [0.3, 0.4) is 0 Å². The average Bonchev–Trinajstić information content (AvgIpc) is 2.75. The van der Waals surface area contributed by atoms with Crippen LogP contribution in [0.5, 0.6) is 0 Å². The van der Waals surface area contributed by atoms with E-state index in [0.717, 1.165) is 11.3 Å². The first-order valence-corrected chi connectivity index (χ1v) is 6.65. The lowest BCUT2D eigenvalue weighted by Gasteiger charge is -2.10. The number of hydrogen-bond acceptors (Lipinski definition) is 1. The van der Waals surface area contributed by atoms with E-state index in [2.05, 4.69) is 0 Å². The van der Waals surface area contributed by atoms with Crippen molar-refractivity contribution in [3.63, 3.8) is 0 Å². The van der Waals surface area contributed by atoms with E-state index in [1.807, 2.05) is 13.0 Å². The van der Waals surface area contributed by atoms with E-state index in [0.29, 0.717) is 17.0 Å². The fourth-order valence-electron chi connectivity index (χ4n) is 1.66. The highest BCUT2D eigenvalue weighted by Crippen LogP contribution is 2.36. The average molecular weight is 291 g/mol. The maximum atomic E-state index is 13.6. The molecular weight excluding hydrogens is 281 g/mol. The number of benzene rings is 1. The highest BCUT2D eigenvalue weighted by Gasteiger charge is 2.22. The predicted molar refractivity (Wildman–Crippen MR) is 67.7 cm³/mol. The van der Waals surface area contributed by atoms with Crippen LogP contribution in [0.4, 0.5) is 13.2 Å². The number of hydrogen-bond donors (Lipinski definition) is 0. The van der Waals surface area contributed by atoms with E-state index in [1.54, 1.807) is 6.07 Å². The second-order valence-electron chi connectivity index (χ2n) is 3.80. The van der Waals surface area contributed by atoms with Gasteiger partial charge in [0.05, 0.1) is 5.38 Å². The molecule has 5 heteroatoms. The topological polar surface area (TPSA) is 0 Å². The Morgan fingerprint density at radius 2 is 1.78 bits per heavy atom. The maximum Gasteiger partial charge on any atom is 0.134 e. The molecule has 1 unspecified atom stereocenters. The van der Waals surface area contributed by atoms with Gasteiger partial charge < -0.3 is 0 Å². The molecule has 0 aliphatic heterocycles. The van der Waals surface area contributed by atoms with Gasteiger partial charge in [0, 0.05) is 27.5 Å². The van der Waals surface area contributed by atoms with Crippen LogP contribution in [0.1, 0.15) is 27.6 Å². The molecule has 0 spiro atoms. The Morgan fingerprint density at radius 1 is 1.17 bits per heavy atom. The van der Waals surface area contributed by atoms with Crippen LogP contribution in [0.25, 0.3) is 0 Å². The molecule has 0 saturated heterocycles. The number of halogens is 4. The standard InChI is InChI=1S/C13H10ClF3S/c1-2-8-3-4-11(18-8)13(14)12-9(16)5-7(15)6-10(12)17/h3-6,13H,2H2,1H3. The third-order valence-electron chi connectivity index (χ3n) is 2.58. The van der Waals surface area contributed by atoms with Crippen molar-refractivity contribution in [2.24, 2.45) is 0 Å². The summed E-state index contributed by atoms with van der Waals surface area (Å²) < 4.78 is 40.0. The second kappa shape index (κ2) is 5.33. The molecular formula is C13H10ClF3S. The van der Waals surface area contributed by atoms with Crippen molar-refractivity contribution < 1.29 is 13.2 Å². The van der Waals surface area contributed by atoms with Crippen LogP contribution >= 0.6 is 22.9 Å². The summed E-state index contributed by atoms with van der Waals surface area (Å²) in [5.41, 5.74) is -0.303. The molecule has 0 nitrogen and oxygen atoms in total. The van der Waals surface area contributed by atoms with Crippen LogP contribution in [0.15, 0.2) is 24.3 Å². The zero-order valence-corrected chi connectivity index (χ0v) is 11.1. The van der Waals surface area contributed by atoms with Crippen LogP contribution < -0.4 is 0 Å². The van der Waals surface area contributed by atoms with E-state index in [-0.39, 0.29) is 5.56 Å². The van der Waals surface area contributed by atoms with Gasteiger partial charge in [0.25, 0.3) is 0 Å². The van der Waals surface area contributed by atoms with Crippen molar-refractivity contribution in [2.45, 2.75) is 18.7 Å². The lowest BCUT2D eigenvalue weighted by molar-refractivity contribution is 0.526. The third kappa shape index (κ3) is 2.54. The zero-order valence-electron chi connectivity index (χ0n) is 9.51. The van der Waals surface area contributed by atoms with Gasteiger partial charge in [-0.25, -0.2) is 13.2 Å². The molecule has 0 bridgehead atoms. The Kier molecular flexibility index (Phi) is 3.97. The van der Waals surface area contributed by atoms with Crippen molar-refractivity contribution >= 4 is 22.9 Å². The highest BCUT2D eigenvalue weighted by atomic mass is 35.5. The molecule has 2 rings (SSSR count). The second-order valence-corrected chi connectivity index (χ2v) is 5.44.